The molecule has 1 aliphatic heterocycles. The van der Waals surface area contributed by atoms with Crippen LogP contribution in [0.2, 0.25) is 0 Å². The van der Waals surface area contributed by atoms with Crippen molar-refractivity contribution in [3.63, 3.8) is 0 Å². The molecule has 0 fully saturated rings. The number of carbonyl (C=O) groups is 1. The Bertz CT molecular complexity index is 345. The molecule has 1 aliphatic rings. The molecule has 1 unspecified atom stereocenters. The van der Waals surface area contributed by atoms with E-state index in [0.717, 1.165) is 5.69 Å². The molecule has 1 aromatic rings. The molecule has 0 saturated heterocycles. The molecule has 0 spiro atoms. The van der Waals surface area contributed by atoms with Crippen molar-refractivity contribution in [3.05, 3.63) is 17.3 Å². The molecule has 5 heteroatoms. The van der Waals surface area contributed by atoms with E-state index >= 15 is 0 Å². The van der Waals surface area contributed by atoms with Gasteiger partial charge in [-0.25, -0.2) is 4.98 Å². The summed E-state index contributed by atoms with van der Waals surface area (Å²) in [5, 5.41) is 11.6. The maximum atomic E-state index is 10.7. The van der Waals surface area contributed by atoms with Crippen molar-refractivity contribution < 1.29 is 14.3 Å². The SMILES string of the molecule is CCc1nc2c(o1)C(C(=O)O)NC2. The van der Waals surface area contributed by atoms with Gasteiger partial charge in [-0.3, -0.25) is 10.1 Å². The third-order valence-corrected chi connectivity index (χ3v) is 2.06. The number of hydrogen-bond donors (Lipinski definition) is 2. The predicted molar refractivity (Wildman–Crippen MR) is 43.1 cm³/mol. The third-order valence-electron chi connectivity index (χ3n) is 2.06. The van der Waals surface area contributed by atoms with Gasteiger partial charge in [0.2, 0.25) is 0 Å². The van der Waals surface area contributed by atoms with E-state index in [1.54, 1.807) is 0 Å². The molecule has 1 aromatic heterocycles. The van der Waals surface area contributed by atoms with Gasteiger partial charge in [0.25, 0.3) is 0 Å². The summed E-state index contributed by atoms with van der Waals surface area (Å²) in [6.45, 7) is 2.40. The van der Waals surface area contributed by atoms with E-state index in [4.69, 9.17) is 9.52 Å². The predicted octanol–water partition coefficient (Wildman–Crippen LogP) is 0.466. The average Bonchev–Trinajstić information content (AvgIpc) is 2.59. The Labute approximate surface area is 74.8 Å². The Morgan fingerprint density at radius 3 is 3.23 bits per heavy atom. The summed E-state index contributed by atoms with van der Waals surface area (Å²) < 4.78 is 5.29. The van der Waals surface area contributed by atoms with Gasteiger partial charge in [0.05, 0.1) is 5.69 Å². The lowest BCUT2D eigenvalue weighted by Gasteiger charge is -2.01. The lowest BCUT2D eigenvalue weighted by molar-refractivity contribution is -0.139. The summed E-state index contributed by atoms with van der Waals surface area (Å²) in [4.78, 5) is 14.9. The van der Waals surface area contributed by atoms with Crippen LogP contribution < -0.4 is 5.32 Å². The number of oxazole rings is 1. The first kappa shape index (κ1) is 8.25. The van der Waals surface area contributed by atoms with Gasteiger partial charge < -0.3 is 9.52 Å². The second-order valence-corrected chi connectivity index (χ2v) is 2.92. The van der Waals surface area contributed by atoms with Crippen LogP contribution in [0.3, 0.4) is 0 Å². The summed E-state index contributed by atoms with van der Waals surface area (Å²) in [6.07, 6.45) is 0.694. The van der Waals surface area contributed by atoms with Crippen molar-refractivity contribution in [2.75, 3.05) is 0 Å². The minimum absolute atomic E-state index is 0.462. The van der Waals surface area contributed by atoms with Crippen LogP contribution in [0.15, 0.2) is 4.42 Å². The lowest BCUT2D eigenvalue weighted by atomic mass is 10.2. The smallest absolute Gasteiger partial charge is 0.328 e. The summed E-state index contributed by atoms with van der Waals surface area (Å²) in [5.41, 5.74) is 0.726. The molecule has 0 amide bonds. The van der Waals surface area contributed by atoms with Gasteiger partial charge in [-0.2, -0.15) is 0 Å². The van der Waals surface area contributed by atoms with Crippen LogP contribution in [0.25, 0.3) is 0 Å². The Morgan fingerprint density at radius 2 is 2.62 bits per heavy atom. The van der Waals surface area contributed by atoms with Gasteiger partial charge >= 0.3 is 5.97 Å². The van der Waals surface area contributed by atoms with Gasteiger partial charge in [0, 0.05) is 13.0 Å². The number of nitrogens with one attached hydrogen (secondary N) is 1. The summed E-state index contributed by atoms with van der Waals surface area (Å²) in [7, 11) is 0. The number of hydrogen-bond acceptors (Lipinski definition) is 4. The molecular weight excluding hydrogens is 172 g/mol. The van der Waals surface area contributed by atoms with Crippen molar-refractivity contribution in [1.29, 1.82) is 0 Å². The number of fused-ring (bicyclic) bond motifs is 1. The van der Waals surface area contributed by atoms with Gasteiger partial charge in [0.1, 0.15) is 0 Å². The highest BCUT2D eigenvalue weighted by Gasteiger charge is 2.33. The number of aliphatic carboxylic acids is 1. The Morgan fingerprint density at radius 1 is 1.85 bits per heavy atom. The fourth-order valence-corrected chi connectivity index (χ4v) is 1.41. The second-order valence-electron chi connectivity index (χ2n) is 2.92. The largest absolute Gasteiger partial charge is 0.480 e. The van der Waals surface area contributed by atoms with Crippen molar-refractivity contribution in [2.24, 2.45) is 0 Å². The van der Waals surface area contributed by atoms with Gasteiger partial charge in [-0.1, -0.05) is 6.92 Å². The topological polar surface area (TPSA) is 75.4 Å². The fourth-order valence-electron chi connectivity index (χ4n) is 1.41. The molecule has 0 aliphatic carbocycles. The first-order valence-electron chi connectivity index (χ1n) is 4.17. The van der Waals surface area contributed by atoms with Crippen LogP contribution in [0.5, 0.6) is 0 Å². The molecule has 0 saturated carbocycles. The number of nitrogens with zero attached hydrogens (tertiary/aromatic N) is 1. The second kappa shape index (κ2) is 2.85. The van der Waals surface area contributed by atoms with E-state index in [1.807, 2.05) is 6.92 Å². The number of aryl methyl sites for hydroxylation is 1. The van der Waals surface area contributed by atoms with Crippen LogP contribution >= 0.6 is 0 Å². The van der Waals surface area contributed by atoms with Crippen molar-refractivity contribution >= 4 is 5.97 Å². The van der Waals surface area contributed by atoms with Crippen molar-refractivity contribution in [3.8, 4) is 0 Å². The maximum Gasteiger partial charge on any atom is 0.328 e. The number of aromatic nitrogens is 1. The molecule has 0 bridgehead atoms. The molecule has 0 aromatic carbocycles. The van der Waals surface area contributed by atoms with Crippen LogP contribution in [0.1, 0.15) is 30.3 Å². The van der Waals surface area contributed by atoms with Gasteiger partial charge in [-0.05, 0) is 0 Å². The Kier molecular flexibility index (Phi) is 1.81. The van der Waals surface area contributed by atoms with E-state index in [1.165, 1.54) is 0 Å². The number of carboxylic acid groups (broad SMARTS) is 1. The van der Waals surface area contributed by atoms with Crippen LogP contribution in [0, 0.1) is 0 Å². The highest BCUT2D eigenvalue weighted by atomic mass is 16.4. The zero-order valence-electron chi connectivity index (χ0n) is 7.20. The first-order valence-corrected chi connectivity index (χ1v) is 4.17. The Balaban J connectivity index is 2.35. The highest BCUT2D eigenvalue weighted by molar-refractivity contribution is 5.75. The monoisotopic (exact) mass is 182 g/mol. The number of rotatable bonds is 2. The molecule has 2 heterocycles. The molecule has 5 nitrogen and oxygen atoms in total. The summed E-state index contributed by atoms with van der Waals surface area (Å²) in [6, 6.07) is -0.720. The van der Waals surface area contributed by atoms with E-state index in [2.05, 4.69) is 10.3 Å². The minimum Gasteiger partial charge on any atom is -0.480 e. The van der Waals surface area contributed by atoms with Gasteiger partial charge in [0.15, 0.2) is 17.7 Å². The van der Waals surface area contributed by atoms with E-state index in [0.29, 0.717) is 24.6 Å². The lowest BCUT2D eigenvalue weighted by Crippen LogP contribution is -2.21. The zero-order chi connectivity index (χ0) is 9.42. The quantitative estimate of drug-likeness (QED) is 0.695. The molecule has 1 atom stereocenters. The normalized spacial score (nSPS) is 20.2. The molecule has 2 rings (SSSR count). The van der Waals surface area contributed by atoms with Crippen LogP contribution in [-0.2, 0) is 17.8 Å². The first-order chi connectivity index (χ1) is 6.22. The standard InChI is InChI=1S/C8H10N2O3/c1-2-5-10-4-3-9-6(8(11)12)7(4)13-5/h6,9H,2-3H2,1H3,(H,11,12). The highest BCUT2D eigenvalue weighted by Crippen LogP contribution is 2.26. The van der Waals surface area contributed by atoms with Gasteiger partial charge in [-0.15, -0.1) is 0 Å². The van der Waals surface area contributed by atoms with Crippen LogP contribution in [0.4, 0.5) is 0 Å². The summed E-state index contributed by atoms with van der Waals surface area (Å²) in [5.74, 6) is 0.152. The molecule has 0 radical (unpaired) electrons. The van der Waals surface area contributed by atoms with Crippen molar-refractivity contribution in [2.45, 2.75) is 25.9 Å². The maximum absolute atomic E-state index is 10.7. The minimum atomic E-state index is -0.919. The average molecular weight is 182 g/mol. The van der Waals surface area contributed by atoms with E-state index < -0.39 is 12.0 Å². The third kappa shape index (κ3) is 1.21. The Hall–Kier alpha value is -1.36. The van der Waals surface area contributed by atoms with Crippen LogP contribution in [-0.4, -0.2) is 16.1 Å². The molecule has 13 heavy (non-hydrogen) atoms. The zero-order valence-corrected chi connectivity index (χ0v) is 7.20. The van der Waals surface area contributed by atoms with Crippen molar-refractivity contribution in [1.82, 2.24) is 10.3 Å². The fraction of sp³-hybridized carbons (Fsp3) is 0.500. The van der Waals surface area contributed by atoms with E-state index in [-0.39, 0.29) is 0 Å². The number of carboxylic acids is 1. The molecule has 2 N–H and O–H groups in total. The van der Waals surface area contributed by atoms with E-state index in [9.17, 15) is 4.79 Å². The summed E-state index contributed by atoms with van der Waals surface area (Å²) >= 11 is 0. The molecular formula is C8H10N2O3. The molecule has 70 valence electrons.